The zero-order valence-electron chi connectivity index (χ0n) is 28.1. The van der Waals surface area contributed by atoms with Gasteiger partial charge in [0.15, 0.2) is 0 Å². The van der Waals surface area contributed by atoms with Gasteiger partial charge in [-0.1, -0.05) is 81.3 Å². The fourth-order valence-electron chi connectivity index (χ4n) is 6.74. The number of nitrogens with one attached hydrogen (secondary N) is 4. The molecule has 48 heavy (non-hydrogen) atoms. The maximum Gasteiger partial charge on any atom is 0.124 e. The van der Waals surface area contributed by atoms with E-state index in [1.54, 1.807) is 12.1 Å². The molecule has 0 atom stereocenters. The lowest BCUT2D eigenvalue weighted by atomic mass is 9.86. The Morgan fingerprint density at radius 2 is 1.83 bits per heavy atom. The maximum absolute atomic E-state index is 14.8. The molecule has 2 aromatic heterocycles. The Kier molecular flexibility index (Phi) is 9.90. The Labute approximate surface area is 284 Å². The minimum absolute atomic E-state index is 0.273. The van der Waals surface area contributed by atoms with Gasteiger partial charge in [-0.25, -0.2) is 4.39 Å². The van der Waals surface area contributed by atoms with Gasteiger partial charge in [-0.3, -0.25) is 9.82 Å². The monoisotopic (exact) mass is 659 g/mol. The molecule has 7 heteroatoms. The molecule has 1 aliphatic carbocycles. The fraction of sp³-hybridized carbons (Fsp3) is 0.244. The van der Waals surface area contributed by atoms with E-state index in [0.29, 0.717) is 12.5 Å². The second-order valence-corrected chi connectivity index (χ2v) is 16.0. The van der Waals surface area contributed by atoms with Gasteiger partial charge < -0.3 is 10.3 Å². The smallest absolute Gasteiger partial charge is 0.124 e. The van der Waals surface area contributed by atoms with Crippen LogP contribution in [0.25, 0.3) is 49.9 Å². The number of aromatic amines is 2. The van der Waals surface area contributed by atoms with Gasteiger partial charge in [0.05, 0.1) is 11.2 Å². The first-order valence-electron chi connectivity index (χ1n) is 16.6. The highest BCUT2D eigenvalue weighted by atomic mass is 32.2. The molecule has 0 unspecified atom stereocenters. The zero-order valence-corrected chi connectivity index (χ0v) is 28.9. The third-order valence-corrected chi connectivity index (χ3v) is 9.97. The molecule has 5 nitrogen and oxygen atoms in total. The molecule has 0 saturated heterocycles. The molecule has 1 fully saturated rings. The van der Waals surface area contributed by atoms with Crippen LogP contribution in [-0.2, 0) is 6.54 Å². The van der Waals surface area contributed by atoms with Crippen LogP contribution in [0.2, 0.25) is 0 Å². The first-order chi connectivity index (χ1) is 23.1. The van der Waals surface area contributed by atoms with Gasteiger partial charge in [-0.2, -0.15) is 14.5 Å². The van der Waals surface area contributed by atoms with E-state index in [2.05, 4.69) is 88.4 Å². The first kappa shape index (κ1) is 33.3. The Morgan fingerprint density at radius 3 is 2.58 bits per heavy atom. The van der Waals surface area contributed by atoms with E-state index in [-0.39, 0.29) is 5.82 Å². The molecule has 4 N–H and O–H groups in total. The van der Waals surface area contributed by atoms with Gasteiger partial charge in [-0.05, 0) is 108 Å². The molecule has 248 valence electrons. The number of allylic oxidation sites excluding steroid dienone is 5. The topological polar surface area (TPSA) is 68.5 Å². The van der Waals surface area contributed by atoms with Crippen molar-refractivity contribution in [3.63, 3.8) is 0 Å². The SMILES string of the molecule is C=C/C(=C\C(=C/C)c1ccc2[nH]nc(-c3cc4c(-c5cc(F)cc(CNS(=C)(=C)C)c5)cccc4[nH]3)c2c1)NC(=C)CC1CCCCC1. The lowest BCUT2D eigenvalue weighted by Crippen LogP contribution is -2.15. The van der Waals surface area contributed by atoms with Crippen LogP contribution in [0.4, 0.5) is 4.39 Å². The lowest BCUT2D eigenvalue weighted by Gasteiger charge is -2.23. The molecule has 1 saturated carbocycles. The summed E-state index contributed by atoms with van der Waals surface area (Å²) in [4.78, 5) is 3.57. The maximum atomic E-state index is 14.8. The molecule has 6 rings (SSSR count). The number of aromatic nitrogens is 3. The van der Waals surface area contributed by atoms with Crippen LogP contribution in [0.3, 0.4) is 0 Å². The third kappa shape index (κ3) is 7.75. The van der Waals surface area contributed by atoms with Crippen molar-refractivity contribution >= 4 is 48.5 Å². The van der Waals surface area contributed by atoms with E-state index in [9.17, 15) is 4.39 Å². The summed E-state index contributed by atoms with van der Waals surface area (Å²) in [6.07, 6.45) is 15.7. The number of rotatable bonds is 12. The fourth-order valence-corrected chi connectivity index (χ4v) is 7.26. The summed E-state index contributed by atoms with van der Waals surface area (Å²) in [5.41, 5.74) is 10.4. The van der Waals surface area contributed by atoms with E-state index >= 15 is 0 Å². The number of nitrogens with zero attached hydrogens (tertiary/aromatic N) is 1. The second kappa shape index (κ2) is 14.3. The van der Waals surface area contributed by atoms with Gasteiger partial charge in [0, 0.05) is 34.2 Å². The van der Waals surface area contributed by atoms with Crippen molar-refractivity contribution in [1.82, 2.24) is 25.2 Å². The molecule has 0 spiro atoms. The normalized spacial score (nSPS) is 14.9. The summed E-state index contributed by atoms with van der Waals surface area (Å²) in [7, 11) is -1.42. The second-order valence-electron chi connectivity index (χ2n) is 13.2. The quantitative estimate of drug-likeness (QED) is 0.0796. The summed E-state index contributed by atoms with van der Waals surface area (Å²) < 4.78 is 18.2. The van der Waals surface area contributed by atoms with Crippen molar-refractivity contribution in [2.24, 2.45) is 5.92 Å². The summed E-state index contributed by atoms with van der Waals surface area (Å²) in [6.45, 7) is 11.0. The molecular weight excluding hydrogens is 614 g/mol. The van der Waals surface area contributed by atoms with Gasteiger partial charge in [0.2, 0.25) is 0 Å². The van der Waals surface area contributed by atoms with Crippen molar-refractivity contribution < 1.29 is 4.39 Å². The third-order valence-electron chi connectivity index (χ3n) is 9.13. The summed E-state index contributed by atoms with van der Waals surface area (Å²) in [5.74, 6) is 8.60. The van der Waals surface area contributed by atoms with Crippen molar-refractivity contribution in [3.8, 4) is 22.5 Å². The average molecular weight is 660 g/mol. The molecule has 0 amide bonds. The number of H-pyrrole nitrogens is 2. The van der Waals surface area contributed by atoms with Crippen LogP contribution in [-0.4, -0.2) is 33.2 Å². The van der Waals surface area contributed by atoms with Crippen LogP contribution in [0.15, 0.2) is 103 Å². The van der Waals surface area contributed by atoms with Gasteiger partial charge in [-0.15, -0.1) is 0 Å². The van der Waals surface area contributed by atoms with E-state index in [1.165, 1.54) is 32.1 Å². The van der Waals surface area contributed by atoms with E-state index in [4.69, 9.17) is 5.10 Å². The highest BCUT2D eigenvalue weighted by molar-refractivity contribution is 8.25. The van der Waals surface area contributed by atoms with Crippen molar-refractivity contribution in [3.05, 3.63) is 120 Å². The van der Waals surface area contributed by atoms with Gasteiger partial charge in [0.1, 0.15) is 11.5 Å². The predicted octanol–water partition coefficient (Wildman–Crippen LogP) is 10.4. The predicted molar refractivity (Wildman–Crippen MR) is 209 cm³/mol. The van der Waals surface area contributed by atoms with Crippen LogP contribution in [0.5, 0.6) is 0 Å². The van der Waals surface area contributed by atoms with Crippen LogP contribution in [0, 0.1) is 11.7 Å². The number of hydrogen-bond donors (Lipinski definition) is 4. The van der Waals surface area contributed by atoms with E-state index < -0.39 is 9.39 Å². The number of benzene rings is 3. The number of halogens is 1. The minimum Gasteiger partial charge on any atom is -0.359 e. The number of hydrogen-bond acceptors (Lipinski definition) is 3. The van der Waals surface area contributed by atoms with Crippen molar-refractivity contribution in [2.75, 3.05) is 6.26 Å². The van der Waals surface area contributed by atoms with Gasteiger partial charge >= 0.3 is 0 Å². The number of fused-ring (bicyclic) bond motifs is 2. The highest BCUT2D eigenvalue weighted by Crippen LogP contribution is 2.36. The molecule has 2 heterocycles. The summed E-state index contributed by atoms with van der Waals surface area (Å²) >= 11 is 0. The molecular formula is C41H46FN5S. The first-order valence-corrected chi connectivity index (χ1v) is 19.0. The Morgan fingerprint density at radius 1 is 1.02 bits per heavy atom. The molecule has 3 aromatic carbocycles. The Balaban J connectivity index is 1.30. The van der Waals surface area contributed by atoms with Crippen molar-refractivity contribution in [1.29, 1.82) is 0 Å². The summed E-state index contributed by atoms with van der Waals surface area (Å²) in [5, 5.41) is 13.5. The highest BCUT2D eigenvalue weighted by Gasteiger charge is 2.17. The van der Waals surface area contributed by atoms with Crippen molar-refractivity contribution in [2.45, 2.75) is 52.0 Å². The molecule has 0 aliphatic heterocycles. The van der Waals surface area contributed by atoms with Crippen LogP contribution in [0.1, 0.15) is 56.6 Å². The van der Waals surface area contributed by atoms with Crippen LogP contribution >= 0.6 is 9.39 Å². The Bertz CT molecular complexity index is 2160. The lowest BCUT2D eigenvalue weighted by molar-refractivity contribution is 0.353. The Hall–Kier alpha value is -4.59. The van der Waals surface area contributed by atoms with Gasteiger partial charge in [0.25, 0.3) is 0 Å². The van der Waals surface area contributed by atoms with E-state index in [0.717, 1.165) is 78.8 Å². The molecule has 5 aromatic rings. The molecule has 0 bridgehead atoms. The summed E-state index contributed by atoms with van der Waals surface area (Å²) in [6, 6.07) is 19.7. The molecule has 0 radical (unpaired) electrons. The average Bonchev–Trinajstić information content (AvgIpc) is 3.69. The largest absolute Gasteiger partial charge is 0.359 e. The minimum atomic E-state index is -1.42. The zero-order chi connectivity index (χ0) is 33.8. The van der Waals surface area contributed by atoms with Crippen LogP contribution < -0.4 is 10.0 Å². The standard InChI is InChI=1S/C41H46FN5S/c1-7-30(23-34(8-2)44-27(3)19-28-13-10-9-11-14-28)31-17-18-39-37(24-31)41(47-46-39)40-25-36-35(15-12-16-38(36)45-40)32-20-29(21-33(42)22-32)26-43-48(4,5)6/h7-8,12,15-18,20-25,28,43-45H,2-5,9-11,13-14,19,26H2,1,6H3,(H,46,47)/b30-7+,34-23+. The molecule has 1 aliphatic rings. The van der Waals surface area contributed by atoms with E-state index in [1.807, 2.05) is 36.6 Å².